The van der Waals surface area contributed by atoms with E-state index < -0.39 is 11.9 Å². The number of hydrogen-bond acceptors (Lipinski definition) is 5. The van der Waals surface area contributed by atoms with Gasteiger partial charge in [-0.05, 0) is 11.4 Å². The van der Waals surface area contributed by atoms with Crippen LogP contribution in [0, 0.1) is 0 Å². The van der Waals surface area contributed by atoms with E-state index in [1.54, 1.807) is 18.4 Å². The zero-order valence-electron chi connectivity index (χ0n) is 10.2. The number of carboxylic acids is 1. The number of hydrogen-bond donors (Lipinski definition) is 3. The highest BCUT2D eigenvalue weighted by atomic mass is 32.2. The fourth-order valence-electron chi connectivity index (χ4n) is 1.29. The van der Waals surface area contributed by atoms with Crippen LogP contribution in [0.5, 0.6) is 0 Å². The maximum absolute atomic E-state index is 11.7. The number of primary amides is 1. The lowest BCUT2D eigenvalue weighted by Gasteiger charge is -2.08. The third-order valence-electron chi connectivity index (χ3n) is 2.14. The lowest BCUT2D eigenvalue weighted by molar-refractivity contribution is -0.136. The number of carbonyl (C=O) groups excluding carboxylic acids is 2. The number of carbonyl (C=O) groups is 3. The maximum atomic E-state index is 11.7. The molecular weight excluding hydrogens is 288 g/mol. The van der Waals surface area contributed by atoms with Gasteiger partial charge in [-0.15, -0.1) is 23.1 Å². The highest BCUT2D eigenvalue weighted by molar-refractivity contribution is 8.00. The molecule has 1 heterocycles. The van der Waals surface area contributed by atoms with Crippen molar-refractivity contribution < 1.29 is 19.5 Å². The number of thiophene rings is 1. The minimum Gasteiger partial charge on any atom is -0.481 e. The Kier molecular flexibility index (Phi) is 5.84. The second-order valence-corrected chi connectivity index (χ2v) is 6.14. The fraction of sp³-hybridized carbons (Fsp3) is 0.364. The van der Waals surface area contributed by atoms with Gasteiger partial charge in [0.05, 0.1) is 17.7 Å². The molecule has 1 aromatic rings. The third kappa shape index (κ3) is 5.31. The average Bonchev–Trinajstić information content (AvgIpc) is 2.73. The molecule has 1 rings (SSSR count). The highest BCUT2D eigenvalue weighted by Gasteiger charge is 2.14. The van der Waals surface area contributed by atoms with E-state index in [0.717, 1.165) is 0 Å². The van der Waals surface area contributed by atoms with Crippen LogP contribution in [0.25, 0.3) is 0 Å². The Balaban J connectivity index is 2.45. The molecule has 0 aliphatic rings. The topological polar surface area (TPSA) is 109 Å². The molecular formula is C11H14N2O4S2. The van der Waals surface area contributed by atoms with Crippen LogP contribution in [0.3, 0.4) is 0 Å². The number of nitrogens with two attached hydrogens (primary N) is 1. The van der Waals surface area contributed by atoms with Crippen LogP contribution in [0.15, 0.2) is 11.4 Å². The van der Waals surface area contributed by atoms with Crippen LogP contribution in [-0.4, -0.2) is 33.9 Å². The summed E-state index contributed by atoms with van der Waals surface area (Å²) < 4.78 is 0. The van der Waals surface area contributed by atoms with E-state index in [1.807, 2.05) is 0 Å². The molecule has 4 N–H and O–H groups in total. The van der Waals surface area contributed by atoms with Crippen molar-refractivity contribution >= 4 is 45.9 Å². The van der Waals surface area contributed by atoms with Crippen LogP contribution >= 0.6 is 23.1 Å². The van der Waals surface area contributed by atoms with E-state index in [0.29, 0.717) is 5.00 Å². The average molecular weight is 302 g/mol. The van der Waals surface area contributed by atoms with E-state index in [2.05, 4.69) is 5.32 Å². The Hall–Kier alpha value is -1.54. The SMILES string of the molecule is CC(CC(=O)O)SCC(=O)Nc1sccc1C(N)=O. The van der Waals surface area contributed by atoms with Gasteiger partial charge < -0.3 is 16.2 Å². The number of thioether (sulfide) groups is 1. The molecule has 1 atom stereocenters. The summed E-state index contributed by atoms with van der Waals surface area (Å²) in [6.07, 6.45) is 0.00346. The summed E-state index contributed by atoms with van der Waals surface area (Å²) in [5, 5.41) is 13.1. The largest absolute Gasteiger partial charge is 0.481 e. The van der Waals surface area contributed by atoms with Crippen LogP contribution in [-0.2, 0) is 9.59 Å². The molecule has 0 aromatic carbocycles. The molecule has 0 saturated heterocycles. The molecule has 0 fully saturated rings. The standard InChI is InChI=1S/C11H14N2O4S2/c1-6(4-9(15)16)19-5-8(14)13-11-7(10(12)17)2-3-18-11/h2-3,6H,4-5H2,1H3,(H2,12,17)(H,13,14)(H,15,16). The van der Waals surface area contributed by atoms with Crippen molar-refractivity contribution in [3.63, 3.8) is 0 Å². The van der Waals surface area contributed by atoms with E-state index in [-0.39, 0.29) is 28.9 Å². The number of rotatable bonds is 7. The van der Waals surface area contributed by atoms with E-state index in [1.165, 1.54) is 23.1 Å². The quantitative estimate of drug-likeness (QED) is 0.705. The van der Waals surface area contributed by atoms with Crippen molar-refractivity contribution in [1.29, 1.82) is 0 Å². The molecule has 8 heteroatoms. The van der Waals surface area contributed by atoms with Crippen LogP contribution < -0.4 is 11.1 Å². The van der Waals surface area contributed by atoms with Gasteiger partial charge in [0.15, 0.2) is 0 Å². The first-order valence-corrected chi connectivity index (χ1v) is 7.33. The van der Waals surface area contributed by atoms with Crippen LogP contribution in [0.1, 0.15) is 23.7 Å². The van der Waals surface area contributed by atoms with Gasteiger partial charge in [0.1, 0.15) is 5.00 Å². The van der Waals surface area contributed by atoms with Gasteiger partial charge in [0.2, 0.25) is 5.91 Å². The summed E-state index contributed by atoms with van der Waals surface area (Å²) in [5.41, 5.74) is 5.44. The molecule has 1 unspecified atom stereocenters. The van der Waals surface area contributed by atoms with Gasteiger partial charge in [-0.2, -0.15) is 0 Å². The van der Waals surface area contributed by atoms with Crippen molar-refractivity contribution in [3.05, 3.63) is 17.0 Å². The highest BCUT2D eigenvalue weighted by Crippen LogP contribution is 2.23. The van der Waals surface area contributed by atoms with Gasteiger partial charge in [0.25, 0.3) is 5.91 Å². The van der Waals surface area contributed by atoms with Gasteiger partial charge in [-0.3, -0.25) is 14.4 Å². The molecule has 104 valence electrons. The Morgan fingerprint density at radius 2 is 2.21 bits per heavy atom. The number of anilines is 1. The molecule has 0 saturated carbocycles. The first-order chi connectivity index (χ1) is 8.90. The first-order valence-electron chi connectivity index (χ1n) is 5.40. The second-order valence-electron chi connectivity index (χ2n) is 3.80. The first kappa shape index (κ1) is 15.5. The summed E-state index contributed by atoms with van der Waals surface area (Å²) >= 11 is 2.46. The molecule has 0 aliphatic carbocycles. The zero-order chi connectivity index (χ0) is 14.4. The van der Waals surface area contributed by atoms with Crippen molar-refractivity contribution in [3.8, 4) is 0 Å². The number of aliphatic carboxylic acids is 1. The van der Waals surface area contributed by atoms with Crippen LogP contribution in [0.4, 0.5) is 5.00 Å². The lowest BCUT2D eigenvalue weighted by Crippen LogP contribution is -2.19. The predicted molar refractivity (Wildman–Crippen MR) is 75.6 cm³/mol. The van der Waals surface area contributed by atoms with Gasteiger partial charge in [-0.25, -0.2) is 0 Å². The van der Waals surface area contributed by atoms with E-state index in [9.17, 15) is 14.4 Å². The number of nitrogens with one attached hydrogen (secondary N) is 1. The summed E-state index contributed by atoms with van der Waals surface area (Å²) in [6.45, 7) is 1.74. The Bertz CT molecular complexity index is 487. The Morgan fingerprint density at radius 3 is 2.79 bits per heavy atom. The molecule has 0 aliphatic heterocycles. The second kappa shape index (κ2) is 7.15. The number of amides is 2. The van der Waals surface area contributed by atoms with E-state index in [4.69, 9.17) is 10.8 Å². The fourth-order valence-corrected chi connectivity index (χ4v) is 2.86. The van der Waals surface area contributed by atoms with Crippen molar-refractivity contribution in [1.82, 2.24) is 0 Å². The van der Waals surface area contributed by atoms with Gasteiger partial charge >= 0.3 is 5.97 Å². The number of carboxylic acid groups (broad SMARTS) is 1. The third-order valence-corrected chi connectivity index (χ3v) is 4.14. The molecule has 2 amide bonds. The summed E-state index contributed by atoms with van der Waals surface area (Å²) in [5.74, 6) is -1.64. The maximum Gasteiger partial charge on any atom is 0.304 e. The minimum atomic E-state index is -0.894. The Labute approximate surface area is 118 Å². The molecule has 0 spiro atoms. The summed E-state index contributed by atoms with van der Waals surface area (Å²) in [7, 11) is 0. The molecule has 19 heavy (non-hydrogen) atoms. The monoisotopic (exact) mass is 302 g/mol. The minimum absolute atomic E-state index is 0.00346. The lowest BCUT2D eigenvalue weighted by atomic mass is 10.3. The predicted octanol–water partition coefficient (Wildman–Crippen LogP) is 1.38. The Morgan fingerprint density at radius 1 is 1.53 bits per heavy atom. The summed E-state index contributed by atoms with van der Waals surface area (Å²) in [6, 6.07) is 1.54. The van der Waals surface area contributed by atoms with Crippen molar-refractivity contribution in [2.24, 2.45) is 5.73 Å². The normalized spacial score (nSPS) is 11.8. The molecule has 6 nitrogen and oxygen atoms in total. The van der Waals surface area contributed by atoms with Gasteiger partial charge in [0, 0.05) is 5.25 Å². The summed E-state index contributed by atoms with van der Waals surface area (Å²) in [4.78, 5) is 33.2. The smallest absolute Gasteiger partial charge is 0.304 e. The molecule has 1 aromatic heterocycles. The molecule has 0 bridgehead atoms. The van der Waals surface area contributed by atoms with Gasteiger partial charge in [-0.1, -0.05) is 6.92 Å². The van der Waals surface area contributed by atoms with E-state index >= 15 is 0 Å². The van der Waals surface area contributed by atoms with Crippen molar-refractivity contribution in [2.75, 3.05) is 11.1 Å². The van der Waals surface area contributed by atoms with Crippen LogP contribution in [0.2, 0.25) is 0 Å². The zero-order valence-corrected chi connectivity index (χ0v) is 11.8. The van der Waals surface area contributed by atoms with Crippen molar-refractivity contribution in [2.45, 2.75) is 18.6 Å². The molecule has 0 radical (unpaired) electrons.